The largest absolute Gasteiger partial charge is 0.288 e. The Kier molecular flexibility index (Phi) is 5.65. The van der Waals surface area contributed by atoms with Gasteiger partial charge >= 0.3 is 0 Å². The maximum atomic E-state index is 10.6. The topological polar surface area (TPSA) is 30.0 Å². The summed E-state index contributed by atoms with van der Waals surface area (Å²) < 4.78 is 0.840. The summed E-state index contributed by atoms with van der Waals surface area (Å²) in [5.41, 5.74) is 1.08. The zero-order chi connectivity index (χ0) is 11.1. The number of carbonyl (C=O) groups excluding carboxylic acids is 1. The van der Waals surface area contributed by atoms with E-state index in [-0.39, 0.29) is 5.12 Å². The number of pyridine rings is 1. The lowest BCUT2D eigenvalue weighted by Crippen LogP contribution is -1.83. The summed E-state index contributed by atoms with van der Waals surface area (Å²) in [4.78, 5) is 14.8. The van der Waals surface area contributed by atoms with Gasteiger partial charge in [-0.25, -0.2) is 4.98 Å². The molecule has 0 radical (unpaired) electrons. The zero-order valence-electron chi connectivity index (χ0n) is 8.44. The van der Waals surface area contributed by atoms with Crippen molar-refractivity contribution in [3.8, 4) is 0 Å². The number of aromatic nitrogens is 1. The lowest BCUT2D eigenvalue weighted by Gasteiger charge is -1.93. The first-order valence-corrected chi connectivity index (χ1v) is 6.38. The van der Waals surface area contributed by atoms with Crippen LogP contribution in [0.4, 0.5) is 0 Å². The lowest BCUT2D eigenvalue weighted by molar-refractivity contribution is -0.109. The molecule has 15 heavy (non-hydrogen) atoms. The Bertz CT molecular complexity index is 348. The summed E-state index contributed by atoms with van der Waals surface area (Å²) in [5, 5.41) is 0.175. The molecular weight excluding hydrogens is 274 g/mol. The van der Waals surface area contributed by atoms with Gasteiger partial charge in [0.2, 0.25) is 0 Å². The Labute approximate surface area is 102 Å². The smallest absolute Gasteiger partial charge is 0.185 e. The monoisotopic (exact) mass is 285 g/mol. The molecule has 0 saturated heterocycles. The second-order valence-electron chi connectivity index (χ2n) is 2.95. The Balaban J connectivity index is 2.32. The summed E-state index contributed by atoms with van der Waals surface area (Å²) in [6.07, 6.45) is 6.78. The van der Waals surface area contributed by atoms with Crippen LogP contribution in [0.2, 0.25) is 0 Å². The van der Waals surface area contributed by atoms with Crippen molar-refractivity contribution in [1.29, 1.82) is 0 Å². The maximum Gasteiger partial charge on any atom is 0.185 e. The average molecular weight is 286 g/mol. The number of nitrogens with zero attached hydrogens (tertiary/aromatic N) is 1. The van der Waals surface area contributed by atoms with Crippen LogP contribution < -0.4 is 0 Å². The van der Waals surface area contributed by atoms with Crippen LogP contribution in [0.5, 0.6) is 0 Å². The van der Waals surface area contributed by atoms with E-state index < -0.39 is 0 Å². The van der Waals surface area contributed by atoms with Gasteiger partial charge in [-0.05, 0) is 34.0 Å². The molecule has 1 heterocycles. The van der Waals surface area contributed by atoms with Gasteiger partial charge in [-0.1, -0.05) is 30.0 Å². The molecule has 1 rings (SSSR count). The minimum Gasteiger partial charge on any atom is -0.288 e. The third kappa shape index (κ3) is 5.74. The third-order valence-corrected chi connectivity index (χ3v) is 2.97. The highest BCUT2D eigenvalue weighted by Gasteiger charge is 1.91. The van der Waals surface area contributed by atoms with Crippen molar-refractivity contribution in [3.05, 3.63) is 34.6 Å². The molecular formula is C11H12BrNOS. The van der Waals surface area contributed by atoms with Gasteiger partial charge in [0.15, 0.2) is 5.12 Å². The Hall–Kier alpha value is -0.610. The maximum absolute atomic E-state index is 10.6. The molecule has 0 unspecified atom stereocenters. The molecule has 0 atom stereocenters. The predicted molar refractivity (Wildman–Crippen MR) is 68.7 cm³/mol. The van der Waals surface area contributed by atoms with Crippen LogP contribution in [0.1, 0.15) is 18.9 Å². The van der Waals surface area contributed by atoms with Gasteiger partial charge in [-0.3, -0.25) is 4.79 Å². The first-order valence-electron chi connectivity index (χ1n) is 4.60. The minimum atomic E-state index is 0.175. The van der Waals surface area contributed by atoms with Crippen molar-refractivity contribution in [2.24, 2.45) is 0 Å². The van der Waals surface area contributed by atoms with E-state index in [4.69, 9.17) is 0 Å². The quantitative estimate of drug-likeness (QED) is 0.626. The van der Waals surface area contributed by atoms with Crippen LogP contribution in [-0.2, 0) is 4.79 Å². The Morgan fingerprint density at radius 2 is 2.40 bits per heavy atom. The SMILES string of the molecule is CC(=O)SCCC=Cc1ccc(Br)nc1. The summed E-state index contributed by atoms with van der Waals surface area (Å²) >= 11 is 4.63. The molecule has 0 saturated carbocycles. The van der Waals surface area contributed by atoms with Gasteiger partial charge in [-0.15, -0.1) is 0 Å². The van der Waals surface area contributed by atoms with Crippen molar-refractivity contribution in [3.63, 3.8) is 0 Å². The molecule has 4 heteroatoms. The Morgan fingerprint density at radius 1 is 1.60 bits per heavy atom. The number of halogens is 1. The summed E-state index contributed by atoms with van der Waals surface area (Å²) in [7, 11) is 0. The number of hydrogen-bond acceptors (Lipinski definition) is 3. The fraction of sp³-hybridized carbons (Fsp3) is 0.273. The molecule has 0 aliphatic rings. The molecule has 0 amide bonds. The van der Waals surface area contributed by atoms with Crippen LogP contribution >= 0.6 is 27.7 Å². The van der Waals surface area contributed by atoms with E-state index in [1.54, 1.807) is 13.1 Å². The highest BCUT2D eigenvalue weighted by molar-refractivity contribution is 9.10. The molecule has 0 spiro atoms. The molecule has 0 fully saturated rings. The number of allylic oxidation sites excluding steroid dienone is 1. The van der Waals surface area contributed by atoms with E-state index in [2.05, 4.69) is 27.0 Å². The summed E-state index contributed by atoms with van der Waals surface area (Å²) in [5.74, 6) is 0.843. The average Bonchev–Trinajstić information content (AvgIpc) is 2.20. The molecule has 1 aromatic rings. The molecule has 80 valence electrons. The molecule has 0 N–H and O–H groups in total. The third-order valence-electron chi connectivity index (χ3n) is 1.65. The fourth-order valence-corrected chi connectivity index (χ4v) is 1.75. The van der Waals surface area contributed by atoms with E-state index in [9.17, 15) is 4.79 Å². The van der Waals surface area contributed by atoms with Crippen LogP contribution in [0.15, 0.2) is 29.0 Å². The molecule has 2 nitrogen and oxygen atoms in total. The fourth-order valence-electron chi connectivity index (χ4n) is 0.976. The van der Waals surface area contributed by atoms with Crippen molar-refractivity contribution >= 4 is 38.9 Å². The number of hydrogen-bond donors (Lipinski definition) is 0. The van der Waals surface area contributed by atoms with Gasteiger partial charge in [0.05, 0.1) is 0 Å². The van der Waals surface area contributed by atoms with Gasteiger partial charge < -0.3 is 0 Å². The summed E-state index contributed by atoms with van der Waals surface area (Å²) in [6.45, 7) is 1.59. The molecule has 0 bridgehead atoms. The molecule has 0 aliphatic carbocycles. The Morgan fingerprint density at radius 3 is 3.00 bits per heavy atom. The van der Waals surface area contributed by atoms with Gasteiger partial charge in [0, 0.05) is 18.9 Å². The van der Waals surface area contributed by atoms with E-state index in [0.29, 0.717) is 0 Å². The van der Waals surface area contributed by atoms with Crippen LogP contribution in [0.3, 0.4) is 0 Å². The molecule has 0 aromatic carbocycles. The predicted octanol–water partition coefficient (Wildman–Crippen LogP) is 3.53. The standard InChI is InChI=1S/C11H12BrNOS/c1-9(14)15-7-3-2-4-10-5-6-11(12)13-8-10/h2,4-6,8H,3,7H2,1H3. The second kappa shape index (κ2) is 6.80. The van der Waals surface area contributed by atoms with Gasteiger partial charge in [0.1, 0.15) is 4.60 Å². The number of carbonyl (C=O) groups is 1. The van der Waals surface area contributed by atoms with Crippen LogP contribution in [-0.4, -0.2) is 15.9 Å². The van der Waals surface area contributed by atoms with Crippen molar-refractivity contribution < 1.29 is 4.79 Å². The van der Waals surface area contributed by atoms with E-state index >= 15 is 0 Å². The summed E-state index contributed by atoms with van der Waals surface area (Å²) in [6, 6.07) is 3.90. The normalized spacial score (nSPS) is 10.8. The molecule has 0 aliphatic heterocycles. The zero-order valence-corrected chi connectivity index (χ0v) is 10.8. The van der Waals surface area contributed by atoms with Crippen LogP contribution in [0, 0.1) is 0 Å². The van der Waals surface area contributed by atoms with E-state index in [1.807, 2.05) is 18.2 Å². The molecule has 1 aromatic heterocycles. The van der Waals surface area contributed by atoms with Gasteiger partial charge in [-0.2, -0.15) is 0 Å². The lowest BCUT2D eigenvalue weighted by atomic mass is 10.2. The van der Waals surface area contributed by atoms with Crippen molar-refractivity contribution in [2.75, 3.05) is 5.75 Å². The van der Waals surface area contributed by atoms with Crippen LogP contribution in [0.25, 0.3) is 6.08 Å². The van der Waals surface area contributed by atoms with Crippen molar-refractivity contribution in [2.45, 2.75) is 13.3 Å². The number of thioether (sulfide) groups is 1. The van der Waals surface area contributed by atoms with Crippen molar-refractivity contribution in [1.82, 2.24) is 4.98 Å². The minimum absolute atomic E-state index is 0.175. The van der Waals surface area contributed by atoms with E-state index in [0.717, 1.165) is 22.3 Å². The first kappa shape index (κ1) is 12.5. The highest BCUT2D eigenvalue weighted by Crippen LogP contribution is 2.09. The highest BCUT2D eigenvalue weighted by atomic mass is 79.9. The first-order chi connectivity index (χ1) is 7.18. The van der Waals surface area contributed by atoms with E-state index in [1.165, 1.54) is 11.8 Å². The second-order valence-corrected chi connectivity index (χ2v) is 5.03. The number of rotatable bonds is 4. The van der Waals surface area contributed by atoms with Gasteiger partial charge in [0.25, 0.3) is 0 Å².